The molecule has 0 unspecified atom stereocenters. The van der Waals surface area contributed by atoms with E-state index in [1.54, 1.807) is 43.3 Å². The van der Waals surface area contributed by atoms with Crippen molar-refractivity contribution in [3.63, 3.8) is 0 Å². The maximum atomic E-state index is 13.8. The number of halogens is 1. The molecular formula is C31H27FN2O4. The summed E-state index contributed by atoms with van der Waals surface area (Å²) in [7, 11) is 0. The molecule has 4 aromatic carbocycles. The third-order valence-corrected chi connectivity index (χ3v) is 6.67. The normalized spacial score (nSPS) is 12.4. The van der Waals surface area contributed by atoms with Crippen molar-refractivity contribution in [2.45, 2.75) is 20.0 Å². The third kappa shape index (κ3) is 5.37. The first kappa shape index (κ1) is 25.0. The van der Waals surface area contributed by atoms with Crippen LogP contribution in [0.4, 0.5) is 10.1 Å². The van der Waals surface area contributed by atoms with Gasteiger partial charge in [0.25, 0.3) is 5.91 Å². The fraction of sp³-hybridized carbons (Fsp3) is 0.161. The van der Waals surface area contributed by atoms with Gasteiger partial charge in [0.2, 0.25) is 0 Å². The molecule has 192 valence electrons. The number of fused-ring (bicyclic) bond motifs is 1. The predicted octanol–water partition coefficient (Wildman–Crippen LogP) is 5.83. The minimum absolute atomic E-state index is 0.229. The highest BCUT2D eigenvalue weighted by atomic mass is 19.1. The van der Waals surface area contributed by atoms with Gasteiger partial charge >= 0.3 is 5.97 Å². The Hall–Kier alpha value is -4.65. The number of carbonyl (C=O) groups is 2. The molecule has 2 N–H and O–H groups in total. The highest BCUT2D eigenvalue weighted by Crippen LogP contribution is 2.34. The molecule has 0 saturated carbocycles. The van der Waals surface area contributed by atoms with Crippen molar-refractivity contribution in [3.8, 4) is 16.9 Å². The number of ether oxygens (including phenoxy) is 1. The topological polar surface area (TPSA) is 78.9 Å². The van der Waals surface area contributed by atoms with Crippen LogP contribution in [0.5, 0.6) is 5.75 Å². The molecule has 5 rings (SSSR count). The van der Waals surface area contributed by atoms with E-state index in [4.69, 9.17) is 4.74 Å². The minimum atomic E-state index is -0.952. The first-order valence-electron chi connectivity index (χ1n) is 12.4. The number of benzene rings is 4. The second-order valence-corrected chi connectivity index (χ2v) is 9.27. The van der Waals surface area contributed by atoms with Gasteiger partial charge in [0.1, 0.15) is 18.2 Å². The Morgan fingerprint density at radius 2 is 1.74 bits per heavy atom. The standard InChI is InChI=1S/C31H27FN2O4/c1-20-6-7-22(16-27(20)32)18-33-30(35)24-12-13-28-29(17-24)38-15-14-34(28)19-21-8-10-23(11-9-21)25-4-2-3-5-26(25)31(36)37/h2-13,16-17H,14-15,18-19H2,1H3,(H,33,35)(H,36,37). The van der Waals surface area contributed by atoms with E-state index in [1.165, 1.54) is 6.07 Å². The molecule has 0 atom stereocenters. The summed E-state index contributed by atoms with van der Waals surface area (Å²) >= 11 is 0. The van der Waals surface area contributed by atoms with Crippen LogP contribution < -0.4 is 15.0 Å². The average molecular weight is 511 g/mol. The van der Waals surface area contributed by atoms with Crippen molar-refractivity contribution in [2.24, 2.45) is 0 Å². The maximum Gasteiger partial charge on any atom is 0.336 e. The quantitative estimate of drug-likeness (QED) is 0.327. The van der Waals surface area contributed by atoms with Crippen molar-refractivity contribution in [1.29, 1.82) is 0 Å². The van der Waals surface area contributed by atoms with Crippen LogP contribution in [-0.2, 0) is 13.1 Å². The summed E-state index contributed by atoms with van der Waals surface area (Å²) in [5.74, 6) is -0.866. The lowest BCUT2D eigenvalue weighted by atomic mass is 9.98. The molecule has 0 radical (unpaired) electrons. The second-order valence-electron chi connectivity index (χ2n) is 9.27. The molecule has 7 heteroatoms. The summed E-state index contributed by atoms with van der Waals surface area (Å²) in [5, 5.41) is 12.3. The van der Waals surface area contributed by atoms with E-state index in [-0.39, 0.29) is 23.8 Å². The van der Waals surface area contributed by atoms with E-state index in [1.807, 2.05) is 42.5 Å². The van der Waals surface area contributed by atoms with Gasteiger partial charge in [0, 0.05) is 18.7 Å². The first-order valence-corrected chi connectivity index (χ1v) is 12.4. The number of anilines is 1. The van der Waals surface area contributed by atoms with Crippen LogP contribution in [0.15, 0.2) is 84.9 Å². The molecule has 6 nitrogen and oxygen atoms in total. The molecule has 0 bridgehead atoms. The minimum Gasteiger partial charge on any atom is -0.490 e. The third-order valence-electron chi connectivity index (χ3n) is 6.67. The van der Waals surface area contributed by atoms with Crippen LogP contribution in [0.3, 0.4) is 0 Å². The van der Waals surface area contributed by atoms with E-state index in [2.05, 4.69) is 10.2 Å². The molecule has 4 aromatic rings. The molecule has 1 aliphatic rings. The Bertz CT molecular complexity index is 1500. The van der Waals surface area contributed by atoms with Crippen molar-refractivity contribution in [1.82, 2.24) is 5.32 Å². The van der Waals surface area contributed by atoms with E-state index in [0.29, 0.717) is 47.7 Å². The Morgan fingerprint density at radius 1 is 0.974 bits per heavy atom. The number of nitrogens with one attached hydrogen (secondary N) is 1. The Morgan fingerprint density at radius 3 is 2.50 bits per heavy atom. The molecule has 0 saturated heterocycles. The number of amides is 1. The molecule has 0 aromatic heterocycles. The van der Waals surface area contributed by atoms with Crippen LogP contribution >= 0.6 is 0 Å². The predicted molar refractivity (Wildman–Crippen MR) is 144 cm³/mol. The number of rotatable bonds is 7. The first-order chi connectivity index (χ1) is 18.4. The van der Waals surface area contributed by atoms with Gasteiger partial charge in [0.15, 0.2) is 0 Å². The number of aromatic carboxylic acids is 1. The molecule has 0 aliphatic carbocycles. The second kappa shape index (κ2) is 10.8. The van der Waals surface area contributed by atoms with Crippen LogP contribution in [0, 0.1) is 12.7 Å². The number of aryl methyl sites for hydroxylation is 1. The zero-order chi connectivity index (χ0) is 26.6. The van der Waals surface area contributed by atoms with Gasteiger partial charge in [-0.3, -0.25) is 4.79 Å². The van der Waals surface area contributed by atoms with E-state index >= 15 is 0 Å². The summed E-state index contributed by atoms with van der Waals surface area (Å²) in [6, 6.07) is 25.1. The van der Waals surface area contributed by atoms with E-state index in [0.717, 1.165) is 16.8 Å². The lowest BCUT2D eigenvalue weighted by Crippen LogP contribution is -2.32. The number of carboxylic acids is 1. The zero-order valence-electron chi connectivity index (χ0n) is 20.9. The largest absolute Gasteiger partial charge is 0.490 e. The highest BCUT2D eigenvalue weighted by molar-refractivity contribution is 5.96. The fourth-order valence-electron chi connectivity index (χ4n) is 4.54. The van der Waals surface area contributed by atoms with Gasteiger partial charge in [0.05, 0.1) is 17.8 Å². The molecule has 0 fully saturated rings. The summed E-state index contributed by atoms with van der Waals surface area (Å²) in [6.07, 6.45) is 0. The SMILES string of the molecule is Cc1ccc(CNC(=O)c2ccc3c(c2)OCCN3Cc2ccc(-c3ccccc3C(=O)O)cc2)cc1F. The molecule has 0 spiro atoms. The smallest absolute Gasteiger partial charge is 0.336 e. The van der Waals surface area contributed by atoms with Gasteiger partial charge in [-0.2, -0.15) is 0 Å². The molecule has 1 heterocycles. The monoisotopic (exact) mass is 510 g/mol. The summed E-state index contributed by atoms with van der Waals surface area (Å²) in [4.78, 5) is 26.5. The van der Waals surface area contributed by atoms with Crippen molar-refractivity contribution >= 4 is 17.6 Å². The van der Waals surface area contributed by atoms with Gasteiger partial charge in [-0.05, 0) is 65.1 Å². The summed E-state index contributed by atoms with van der Waals surface area (Å²) in [6.45, 7) is 3.76. The number of hydrogen-bond donors (Lipinski definition) is 2. The van der Waals surface area contributed by atoms with E-state index in [9.17, 15) is 19.1 Å². The van der Waals surface area contributed by atoms with Crippen LogP contribution in [0.1, 0.15) is 37.4 Å². The van der Waals surface area contributed by atoms with Gasteiger partial charge in [-0.1, -0.05) is 54.6 Å². The zero-order valence-corrected chi connectivity index (χ0v) is 20.9. The lowest BCUT2D eigenvalue weighted by Gasteiger charge is -2.31. The molecule has 1 amide bonds. The van der Waals surface area contributed by atoms with Crippen LogP contribution in [-0.4, -0.2) is 30.1 Å². The average Bonchev–Trinajstić information content (AvgIpc) is 2.94. The summed E-state index contributed by atoms with van der Waals surface area (Å²) in [5.41, 5.74) is 5.50. The van der Waals surface area contributed by atoms with Gasteiger partial charge in [-0.25, -0.2) is 9.18 Å². The molecule has 1 aliphatic heterocycles. The Kier molecular flexibility index (Phi) is 7.09. The number of nitrogens with zero attached hydrogens (tertiary/aromatic N) is 1. The van der Waals surface area contributed by atoms with E-state index < -0.39 is 5.97 Å². The Balaban J connectivity index is 1.27. The van der Waals surface area contributed by atoms with Crippen molar-refractivity contribution in [3.05, 3.63) is 119 Å². The fourth-order valence-corrected chi connectivity index (χ4v) is 4.54. The lowest BCUT2D eigenvalue weighted by molar-refractivity contribution is 0.0697. The number of carboxylic acid groups (broad SMARTS) is 1. The number of carbonyl (C=O) groups excluding carboxylic acids is 1. The van der Waals surface area contributed by atoms with Crippen LogP contribution in [0.2, 0.25) is 0 Å². The van der Waals surface area contributed by atoms with Crippen LogP contribution in [0.25, 0.3) is 11.1 Å². The molecule has 38 heavy (non-hydrogen) atoms. The van der Waals surface area contributed by atoms with Gasteiger partial charge in [-0.15, -0.1) is 0 Å². The molecular weight excluding hydrogens is 483 g/mol. The highest BCUT2D eigenvalue weighted by Gasteiger charge is 2.20. The van der Waals surface area contributed by atoms with Crippen molar-refractivity contribution < 1.29 is 23.8 Å². The van der Waals surface area contributed by atoms with Crippen molar-refractivity contribution in [2.75, 3.05) is 18.1 Å². The number of hydrogen-bond acceptors (Lipinski definition) is 4. The van der Waals surface area contributed by atoms with Gasteiger partial charge < -0.3 is 20.1 Å². The maximum absolute atomic E-state index is 13.8. The Labute approximate surface area is 220 Å². The summed E-state index contributed by atoms with van der Waals surface area (Å²) < 4.78 is 19.7.